The normalized spacial score (nSPS) is 12.4. The molecule has 1 atom stereocenters. The molecule has 25 heavy (non-hydrogen) atoms. The predicted molar refractivity (Wildman–Crippen MR) is 106 cm³/mol. The lowest BCUT2D eigenvalue weighted by atomic mass is 9.74. The van der Waals surface area contributed by atoms with E-state index in [1.54, 1.807) is 0 Å². The van der Waals surface area contributed by atoms with Crippen LogP contribution in [-0.2, 0) is 4.79 Å². The van der Waals surface area contributed by atoms with Gasteiger partial charge in [-0.25, -0.2) is 0 Å². The summed E-state index contributed by atoms with van der Waals surface area (Å²) in [5.41, 5.74) is -0.433. The zero-order chi connectivity index (χ0) is 19.6. The van der Waals surface area contributed by atoms with Crippen molar-refractivity contribution < 1.29 is 20.1 Å². The molecule has 0 heterocycles. The van der Waals surface area contributed by atoms with Crippen LogP contribution in [0.3, 0.4) is 0 Å². The fourth-order valence-electron chi connectivity index (χ4n) is 2.99. The Bertz CT molecular complexity index is 278. The molecular weight excluding hydrogens is 316 g/mol. The molecule has 0 aromatic heterocycles. The molecule has 0 fully saturated rings. The maximum Gasteiger partial charge on any atom is 0.309 e. The summed E-state index contributed by atoms with van der Waals surface area (Å²) in [6.45, 7) is 7.94. The second-order valence-electron chi connectivity index (χ2n) is 7.34. The molecule has 0 rings (SSSR count). The van der Waals surface area contributed by atoms with Crippen LogP contribution in [0.15, 0.2) is 0 Å². The second kappa shape index (κ2) is 18.2. The smallest absolute Gasteiger partial charge is 0.309 e. The van der Waals surface area contributed by atoms with Gasteiger partial charge in [0.25, 0.3) is 0 Å². The van der Waals surface area contributed by atoms with E-state index in [4.69, 9.17) is 10.2 Å². The van der Waals surface area contributed by atoms with Crippen molar-refractivity contribution in [3.05, 3.63) is 0 Å². The van der Waals surface area contributed by atoms with Crippen LogP contribution in [0.1, 0.15) is 111 Å². The van der Waals surface area contributed by atoms with Crippen LogP contribution in [0.4, 0.5) is 0 Å². The average molecular weight is 361 g/mol. The summed E-state index contributed by atoms with van der Waals surface area (Å²) in [6, 6.07) is 0. The van der Waals surface area contributed by atoms with E-state index in [0.717, 1.165) is 44.9 Å². The van der Waals surface area contributed by atoms with Crippen LogP contribution < -0.4 is 0 Å². The van der Waals surface area contributed by atoms with Gasteiger partial charge in [0.1, 0.15) is 0 Å². The molecule has 1 unspecified atom stereocenters. The number of rotatable bonds is 15. The van der Waals surface area contributed by atoms with Crippen LogP contribution in [0, 0.1) is 5.41 Å². The number of unbranched alkanes of at least 4 members (excludes halogenated alkanes) is 7. The lowest BCUT2D eigenvalue weighted by Gasteiger charge is -2.30. The van der Waals surface area contributed by atoms with E-state index in [0.29, 0.717) is 0 Å². The Balaban J connectivity index is 0. The molecule has 152 valence electrons. The summed E-state index contributed by atoms with van der Waals surface area (Å²) >= 11 is 0. The van der Waals surface area contributed by atoms with E-state index in [1.165, 1.54) is 45.4 Å². The van der Waals surface area contributed by atoms with E-state index in [9.17, 15) is 9.90 Å². The SMILES string of the molecule is CC(O)CO.CCCCCCC(CCCC)(CCCCCC)C(=O)O. The second-order valence-corrected chi connectivity index (χ2v) is 7.34. The van der Waals surface area contributed by atoms with Crippen LogP contribution in [0.5, 0.6) is 0 Å². The third-order valence-electron chi connectivity index (χ3n) is 4.74. The first kappa shape index (κ1) is 26.6. The molecule has 0 aliphatic heterocycles. The maximum absolute atomic E-state index is 11.9. The first-order valence-corrected chi connectivity index (χ1v) is 10.4. The van der Waals surface area contributed by atoms with E-state index >= 15 is 0 Å². The summed E-state index contributed by atoms with van der Waals surface area (Å²) in [5, 5.41) is 25.8. The summed E-state index contributed by atoms with van der Waals surface area (Å²) < 4.78 is 0. The van der Waals surface area contributed by atoms with Gasteiger partial charge in [-0.1, -0.05) is 85.0 Å². The minimum atomic E-state index is -0.560. The lowest BCUT2D eigenvalue weighted by Crippen LogP contribution is -2.31. The number of aliphatic hydroxyl groups is 2. The number of hydrogen-bond acceptors (Lipinski definition) is 3. The number of carboxylic acid groups (broad SMARTS) is 1. The molecule has 0 aliphatic carbocycles. The van der Waals surface area contributed by atoms with Crippen molar-refractivity contribution >= 4 is 5.97 Å². The molecule has 3 N–H and O–H groups in total. The summed E-state index contributed by atoms with van der Waals surface area (Å²) in [6.07, 6.45) is 13.7. The summed E-state index contributed by atoms with van der Waals surface area (Å²) in [7, 11) is 0. The third-order valence-corrected chi connectivity index (χ3v) is 4.74. The van der Waals surface area contributed by atoms with Gasteiger partial charge in [0.2, 0.25) is 0 Å². The predicted octanol–water partition coefficient (Wildman–Crippen LogP) is 5.55. The number of hydrogen-bond donors (Lipinski definition) is 3. The topological polar surface area (TPSA) is 77.8 Å². The molecule has 0 bridgehead atoms. The highest BCUT2D eigenvalue weighted by Gasteiger charge is 2.36. The molecule has 0 aliphatic rings. The van der Waals surface area contributed by atoms with Gasteiger partial charge in [-0.3, -0.25) is 4.79 Å². The molecule has 0 radical (unpaired) electrons. The van der Waals surface area contributed by atoms with Crippen LogP contribution in [-0.4, -0.2) is 34.0 Å². The highest BCUT2D eigenvalue weighted by atomic mass is 16.4. The fraction of sp³-hybridized carbons (Fsp3) is 0.952. The van der Waals surface area contributed by atoms with Crippen molar-refractivity contribution in [3.63, 3.8) is 0 Å². The Morgan fingerprint density at radius 1 is 0.800 bits per heavy atom. The average Bonchev–Trinajstić information content (AvgIpc) is 2.59. The van der Waals surface area contributed by atoms with Gasteiger partial charge in [0, 0.05) is 0 Å². The molecule has 0 spiro atoms. The van der Waals surface area contributed by atoms with Crippen molar-refractivity contribution in [2.24, 2.45) is 5.41 Å². The molecule has 0 amide bonds. The zero-order valence-electron chi connectivity index (χ0n) is 17.2. The van der Waals surface area contributed by atoms with Gasteiger partial charge in [-0.2, -0.15) is 0 Å². The largest absolute Gasteiger partial charge is 0.481 e. The summed E-state index contributed by atoms with van der Waals surface area (Å²) in [5.74, 6) is -0.543. The van der Waals surface area contributed by atoms with Gasteiger partial charge in [0.05, 0.1) is 18.1 Å². The number of carbonyl (C=O) groups is 1. The number of carboxylic acids is 1. The standard InChI is InChI=1S/C18H36O2.C3H8O2/c1-4-7-10-12-15-18(17(19)20,14-9-6-3)16-13-11-8-5-2;1-3(5)2-4/h4-16H2,1-3H3,(H,19,20);3-5H,2H2,1H3. The Labute approximate surface area is 156 Å². The minimum Gasteiger partial charge on any atom is -0.481 e. The first-order valence-electron chi connectivity index (χ1n) is 10.4. The van der Waals surface area contributed by atoms with Crippen molar-refractivity contribution in [3.8, 4) is 0 Å². The van der Waals surface area contributed by atoms with Crippen molar-refractivity contribution in [2.75, 3.05) is 6.61 Å². The van der Waals surface area contributed by atoms with Gasteiger partial charge in [0.15, 0.2) is 0 Å². The Hall–Kier alpha value is -0.610. The molecular formula is C21H44O4. The monoisotopic (exact) mass is 360 g/mol. The highest BCUT2D eigenvalue weighted by Crippen LogP contribution is 2.37. The fourth-order valence-corrected chi connectivity index (χ4v) is 2.99. The molecule has 0 aromatic rings. The van der Waals surface area contributed by atoms with Crippen molar-refractivity contribution in [1.29, 1.82) is 0 Å². The van der Waals surface area contributed by atoms with Gasteiger partial charge < -0.3 is 15.3 Å². The first-order chi connectivity index (χ1) is 11.9. The Kier molecular flexibility index (Phi) is 19.4. The molecule has 0 saturated heterocycles. The van der Waals surface area contributed by atoms with Crippen LogP contribution in [0.25, 0.3) is 0 Å². The van der Waals surface area contributed by atoms with Crippen molar-refractivity contribution in [2.45, 2.75) is 117 Å². The maximum atomic E-state index is 11.9. The Morgan fingerprint density at radius 3 is 1.44 bits per heavy atom. The molecule has 4 nitrogen and oxygen atoms in total. The number of aliphatic carboxylic acids is 1. The Morgan fingerprint density at radius 2 is 1.16 bits per heavy atom. The van der Waals surface area contributed by atoms with Gasteiger partial charge >= 0.3 is 5.97 Å². The lowest BCUT2D eigenvalue weighted by molar-refractivity contribution is -0.150. The van der Waals surface area contributed by atoms with E-state index in [2.05, 4.69) is 20.8 Å². The van der Waals surface area contributed by atoms with Crippen LogP contribution in [0.2, 0.25) is 0 Å². The van der Waals surface area contributed by atoms with E-state index in [-0.39, 0.29) is 6.61 Å². The molecule has 0 saturated carbocycles. The van der Waals surface area contributed by atoms with E-state index < -0.39 is 17.5 Å². The highest BCUT2D eigenvalue weighted by molar-refractivity contribution is 5.74. The van der Waals surface area contributed by atoms with Gasteiger partial charge in [-0.15, -0.1) is 0 Å². The van der Waals surface area contributed by atoms with Crippen molar-refractivity contribution in [1.82, 2.24) is 0 Å². The quantitative estimate of drug-likeness (QED) is 0.335. The van der Waals surface area contributed by atoms with E-state index in [1.807, 2.05) is 0 Å². The molecule has 4 heteroatoms. The summed E-state index contributed by atoms with van der Waals surface area (Å²) in [4.78, 5) is 11.9. The third kappa shape index (κ3) is 15.4. The van der Waals surface area contributed by atoms with Crippen LogP contribution >= 0.6 is 0 Å². The number of aliphatic hydroxyl groups excluding tert-OH is 2. The zero-order valence-corrected chi connectivity index (χ0v) is 17.2. The van der Waals surface area contributed by atoms with Gasteiger partial charge in [-0.05, 0) is 26.2 Å². The minimum absolute atomic E-state index is 0.139. The molecule has 0 aromatic carbocycles.